The summed E-state index contributed by atoms with van der Waals surface area (Å²) in [6.45, 7) is 3.11. The van der Waals surface area contributed by atoms with Gasteiger partial charge in [0.1, 0.15) is 0 Å². The topological polar surface area (TPSA) is 111 Å². The first-order chi connectivity index (χ1) is 14.9. The fraction of sp³-hybridized carbons (Fsp3) is 0.238. The van der Waals surface area contributed by atoms with Crippen molar-refractivity contribution in [2.24, 2.45) is 9.98 Å². The Hall–Kier alpha value is -3.28. The molecule has 0 aliphatic heterocycles. The lowest BCUT2D eigenvalue weighted by atomic mass is 9.74. The van der Waals surface area contributed by atoms with Gasteiger partial charge in [0.2, 0.25) is 17.6 Å². The Morgan fingerprint density at radius 3 is 1.52 bits per heavy atom. The lowest BCUT2D eigenvalue weighted by molar-refractivity contribution is -0.162. The molecule has 0 fully saturated rings. The van der Waals surface area contributed by atoms with E-state index in [1.54, 1.807) is 13.8 Å². The quantitative estimate of drug-likeness (QED) is 0.249. The van der Waals surface area contributed by atoms with Gasteiger partial charge in [-0.1, -0.05) is 35.3 Å². The molecule has 0 radical (unpaired) electrons. The van der Waals surface area contributed by atoms with Crippen molar-refractivity contribution in [3.8, 4) is 0 Å². The van der Waals surface area contributed by atoms with Crippen molar-refractivity contribution in [2.45, 2.75) is 19.3 Å². The second-order valence-corrected chi connectivity index (χ2v) is 6.74. The lowest BCUT2D eigenvalue weighted by Crippen LogP contribution is -2.47. The Bertz CT molecular complexity index is 1020. The van der Waals surface area contributed by atoms with E-state index in [2.05, 4.69) is 9.98 Å². The van der Waals surface area contributed by atoms with Gasteiger partial charge in [0.15, 0.2) is 0 Å². The number of carbonyl (C=O) groups excluding carboxylic acids is 4. The van der Waals surface area contributed by atoms with E-state index < -0.39 is 17.4 Å². The number of isocyanates is 2. The number of ether oxygens (including phenoxy) is 2. The minimum Gasteiger partial charge on any atom is -0.465 e. The van der Waals surface area contributed by atoms with Gasteiger partial charge in [-0.05, 0) is 49.2 Å². The third-order valence-electron chi connectivity index (χ3n) is 4.26. The van der Waals surface area contributed by atoms with Crippen LogP contribution in [0.3, 0.4) is 0 Å². The average Bonchev–Trinajstić information content (AvgIpc) is 2.73. The first-order valence-corrected chi connectivity index (χ1v) is 9.72. The Balaban J connectivity index is 2.91. The van der Waals surface area contributed by atoms with Crippen LogP contribution in [0.1, 0.15) is 25.0 Å². The van der Waals surface area contributed by atoms with E-state index in [1.165, 1.54) is 48.6 Å². The maximum Gasteiger partial charge on any atom is 0.332 e. The maximum atomic E-state index is 13.2. The van der Waals surface area contributed by atoms with Gasteiger partial charge in [-0.3, -0.25) is 9.59 Å². The molecule has 160 valence electrons. The fourth-order valence-corrected chi connectivity index (χ4v) is 3.41. The minimum atomic E-state index is -2.11. The number of benzene rings is 2. The van der Waals surface area contributed by atoms with E-state index in [9.17, 15) is 19.2 Å². The molecule has 0 N–H and O–H groups in total. The van der Waals surface area contributed by atoms with Gasteiger partial charge in [0.25, 0.3) is 0 Å². The highest BCUT2D eigenvalue weighted by molar-refractivity contribution is 6.33. The van der Waals surface area contributed by atoms with Crippen LogP contribution in [-0.2, 0) is 34.1 Å². The molecule has 8 nitrogen and oxygen atoms in total. The predicted octanol–water partition coefficient (Wildman–Crippen LogP) is 4.34. The SMILES string of the molecule is CCOC(=O)C(C(=O)OCC)(c1ccc(N=C=O)c(Cl)c1)c1ccc(N=C=O)c(Cl)c1. The number of carbonyl (C=O) groups is 2. The van der Waals surface area contributed by atoms with Crippen LogP contribution >= 0.6 is 23.2 Å². The molecule has 0 heterocycles. The molecule has 0 amide bonds. The van der Waals surface area contributed by atoms with Crippen molar-refractivity contribution in [1.29, 1.82) is 0 Å². The molecule has 0 saturated heterocycles. The van der Waals surface area contributed by atoms with Crippen molar-refractivity contribution in [3.05, 3.63) is 57.6 Å². The molecule has 0 atom stereocenters. The molecule has 0 spiro atoms. The van der Waals surface area contributed by atoms with Gasteiger partial charge < -0.3 is 9.47 Å². The van der Waals surface area contributed by atoms with Crippen molar-refractivity contribution in [2.75, 3.05) is 13.2 Å². The monoisotopic (exact) mass is 462 g/mol. The number of rotatable bonds is 8. The fourth-order valence-electron chi connectivity index (χ4n) is 2.96. The molecule has 2 aromatic carbocycles. The molecule has 0 aliphatic carbocycles. The maximum absolute atomic E-state index is 13.2. The van der Waals surface area contributed by atoms with Gasteiger partial charge in [0.05, 0.1) is 34.6 Å². The summed E-state index contributed by atoms with van der Waals surface area (Å²) in [4.78, 5) is 54.6. The summed E-state index contributed by atoms with van der Waals surface area (Å²) in [7, 11) is 0. The second-order valence-electron chi connectivity index (χ2n) is 5.93. The van der Waals surface area contributed by atoms with Crippen LogP contribution in [0.5, 0.6) is 0 Å². The average molecular weight is 463 g/mol. The van der Waals surface area contributed by atoms with Gasteiger partial charge in [0, 0.05) is 0 Å². The molecule has 0 bridgehead atoms. The summed E-state index contributed by atoms with van der Waals surface area (Å²) in [5, 5.41) is -0.0146. The summed E-state index contributed by atoms with van der Waals surface area (Å²) in [6, 6.07) is 8.08. The number of nitrogens with zero attached hydrogens (tertiary/aromatic N) is 2. The summed E-state index contributed by atoms with van der Waals surface area (Å²) in [6.07, 6.45) is 2.75. The highest BCUT2D eigenvalue weighted by Crippen LogP contribution is 2.41. The Labute approximate surface area is 187 Å². The van der Waals surface area contributed by atoms with Crippen LogP contribution in [0, 0.1) is 0 Å². The van der Waals surface area contributed by atoms with Crippen molar-refractivity contribution < 1.29 is 28.7 Å². The normalized spacial score (nSPS) is 10.5. The highest BCUT2D eigenvalue weighted by Gasteiger charge is 2.52. The van der Waals surface area contributed by atoms with Gasteiger partial charge in [-0.25, -0.2) is 9.59 Å². The zero-order valence-corrected chi connectivity index (χ0v) is 18.0. The van der Waals surface area contributed by atoms with Crippen LogP contribution in [0.25, 0.3) is 0 Å². The third kappa shape index (κ3) is 4.74. The lowest BCUT2D eigenvalue weighted by Gasteiger charge is -2.30. The number of aliphatic imine (C=N–C) groups is 2. The van der Waals surface area contributed by atoms with Crippen LogP contribution in [0.2, 0.25) is 10.0 Å². The summed E-state index contributed by atoms with van der Waals surface area (Å²) in [5.41, 5.74) is -1.72. The van der Waals surface area contributed by atoms with Crippen LogP contribution in [-0.4, -0.2) is 37.3 Å². The number of hydrogen-bond donors (Lipinski definition) is 0. The number of esters is 2. The van der Waals surface area contributed by atoms with Crippen LogP contribution in [0.15, 0.2) is 46.4 Å². The molecule has 0 saturated carbocycles. The molecular formula is C21H16Cl2N2O6. The van der Waals surface area contributed by atoms with Gasteiger partial charge >= 0.3 is 11.9 Å². The Morgan fingerprint density at radius 2 is 1.23 bits per heavy atom. The van der Waals surface area contributed by atoms with E-state index >= 15 is 0 Å². The van der Waals surface area contributed by atoms with E-state index in [4.69, 9.17) is 32.7 Å². The van der Waals surface area contributed by atoms with E-state index in [1.807, 2.05) is 0 Å². The summed E-state index contributed by atoms with van der Waals surface area (Å²) < 4.78 is 10.4. The van der Waals surface area contributed by atoms with Crippen LogP contribution < -0.4 is 0 Å². The Morgan fingerprint density at radius 1 is 0.839 bits per heavy atom. The molecule has 2 aromatic rings. The summed E-state index contributed by atoms with van der Waals surface area (Å²) >= 11 is 12.4. The summed E-state index contributed by atoms with van der Waals surface area (Å²) in [5.74, 6) is -1.86. The van der Waals surface area contributed by atoms with Crippen molar-refractivity contribution in [1.82, 2.24) is 0 Å². The number of halogens is 2. The molecule has 31 heavy (non-hydrogen) atoms. The van der Waals surface area contributed by atoms with Gasteiger partial charge in [-0.15, -0.1) is 0 Å². The molecular weight excluding hydrogens is 447 g/mol. The Kier molecular flexibility index (Phi) is 8.25. The first kappa shape index (κ1) is 24.0. The molecule has 2 rings (SSSR count). The standard InChI is InChI=1S/C21H16Cl2N2O6/c1-3-30-19(28)21(20(29)31-4-2,13-5-7-17(24-11-26)15(22)9-13)14-6-8-18(25-12-27)16(23)10-14/h5-10H,3-4H2,1-2H3. The smallest absolute Gasteiger partial charge is 0.332 e. The number of hydrogen-bond acceptors (Lipinski definition) is 8. The first-order valence-electron chi connectivity index (χ1n) is 8.96. The van der Waals surface area contributed by atoms with E-state index in [0.717, 1.165) is 0 Å². The van der Waals surface area contributed by atoms with E-state index in [-0.39, 0.29) is 45.8 Å². The van der Waals surface area contributed by atoms with Crippen molar-refractivity contribution >= 4 is 58.7 Å². The third-order valence-corrected chi connectivity index (χ3v) is 4.86. The van der Waals surface area contributed by atoms with Gasteiger partial charge in [-0.2, -0.15) is 9.98 Å². The minimum absolute atomic E-state index is 0.00732. The molecule has 0 unspecified atom stereocenters. The highest BCUT2D eigenvalue weighted by atomic mass is 35.5. The zero-order valence-electron chi connectivity index (χ0n) is 16.5. The largest absolute Gasteiger partial charge is 0.465 e. The zero-order chi connectivity index (χ0) is 23.0. The van der Waals surface area contributed by atoms with Crippen molar-refractivity contribution in [3.63, 3.8) is 0 Å². The van der Waals surface area contributed by atoms with E-state index in [0.29, 0.717) is 0 Å². The molecule has 0 aromatic heterocycles. The second kappa shape index (κ2) is 10.7. The predicted molar refractivity (Wildman–Crippen MR) is 113 cm³/mol. The molecule has 10 heteroatoms. The molecule has 0 aliphatic rings. The van der Waals surface area contributed by atoms with Crippen LogP contribution in [0.4, 0.5) is 11.4 Å².